The molecule has 0 saturated heterocycles. The minimum absolute atomic E-state index is 0.0436. The first kappa shape index (κ1) is 12.6. The zero-order chi connectivity index (χ0) is 12.0. The van der Waals surface area contributed by atoms with Crippen LogP contribution in [0.15, 0.2) is 6.20 Å². The number of hydrogen-bond donors (Lipinski definition) is 2. The first-order valence-electron chi connectivity index (χ1n) is 5.47. The Morgan fingerprint density at radius 1 is 1.62 bits per heavy atom. The van der Waals surface area contributed by atoms with Gasteiger partial charge >= 0.3 is 0 Å². The molecule has 6 nitrogen and oxygen atoms in total. The molecule has 1 amide bonds. The summed E-state index contributed by atoms with van der Waals surface area (Å²) in [6, 6.07) is 0. The highest BCUT2D eigenvalue weighted by atomic mass is 16.2. The van der Waals surface area contributed by atoms with Crippen LogP contribution < -0.4 is 11.1 Å². The predicted molar refractivity (Wildman–Crippen MR) is 60.6 cm³/mol. The Balaban J connectivity index is 2.37. The number of nitrogens with zero attached hydrogens (tertiary/aromatic N) is 3. The second-order valence-corrected chi connectivity index (χ2v) is 4.14. The monoisotopic (exact) mass is 225 g/mol. The molecule has 0 aliphatic carbocycles. The lowest BCUT2D eigenvalue weighted by Crippen LogP contribution is -2.30. The molecule has 1 rings (SSSR count). The van der Waals surface area contributed by atoms with Gasteiger partial charge in [-0.1, -0.05) is 19.1 Å². The van der Waals surface area contributed by atoms with Gasteiger partial charge in [-0.25, -0.2) is 4.68 Å². The van der Waals surface area contributed by atoms with Gasteiger partial charge in [-0.2, -0.15) is 0 Å². The van der Waals surface area contributed by atoms with Gasteiger partial charge in [-0.15, -0.1) is 5.10 Å². The normalized spacial score (nSPS) is 10.8. The van der Waals surface area contributed by atoms with E-state index in [0.717, 1.165) is 5.69 Å². The molecule has 90 valence electrons. The van der Waals surface area contributed by atoms with Crippen LogP contribution in [0.1, 0.15) is 19.5 Å². The largest absolute Gasteiger partial charge is 0.354 e. The summed E-state index contributed by atoms with van der Waals surface area (Å²) in [6.07, 6.45) is 2.44. The van der Waals surface area contributed by atoms with E-state index in [1.54, 1.807) is 6.20 Å². The predicted octanol–water partition coefficient (Wildman–Crippen LogP) is -0.448. The van der Waals surface area contributed by atoms with Gasteiger partial charge in [0.2, 0.25) is 5.91 Å². The molecule has 0 aliphatic rings. The van der Waals surface area contributed by atoms with Crippen molar-refractivity contribution < 1.29 is 4.79 Å². The van der Waals surface area contributed by atoms with E-state index < -0.39 is 0 Å². The molecule has 0 aliphatic heterocycles. The Labute approximate surface area is 95.2 Å². The molecule has 1 heterocycles. The maximum atomic E-state index is 11.5. The molecule has 0 fully saturated rings. The van der Waals surface area contributed by atoms with Gasteiger partial charge in [-0.3, -0.25) is 4.79 Å². The summed E-state index contributed by atoms with van der Waals surface area (Å²) in [4.78, 5) is 11.5. The Bertz CT molecular complexity index is 334. The molecule has 0 aromatic carbocycles. The molecule has 0 bridgehead atoms. The van der Waals surface area contributed by atoms with Crippen molar-refractivity contribution in [3.8, 4) is 0 Å². The fraction of sp³-hybridized carbons (Fsp3) is 0.700. The van der Waals surface area contributed by atoms with E-state index >= 15 is 0 Å². The number of rotatable bonds is 6. The van der Waals surface area contributed by atoms with E-state index in [9.17, 15) is 4.79 Å². The van der Waals surface area contributed by atoms with Gasteiger partial charge in [0.1, 0.15) is 6.54 Å². The highest BCUT2D eigenvalue weighted by Gasteiger charge is 2.05. The summed E-state index contributed by atoms with van der Waals surface area (Å²) in [7, 11) is 0. The third-order valence-electron chi connectivity index (χ3n) is 2.00. The number of nitrogens with two attached hydrogens (primary N) is 1. The number of amides is 1. The van der Waals surface area contributed by atoms with Gasteiger partial charge in [0.25, 0.3) is 0 Å². The smallest absolute Gasteiger partial charge is 0.241 e. The molecule has 0 saturated carbocycles. The molecule has 0 atom stereocenters. The molecule has 0 spiro atoms. The molecule has 0 unspecified atom stereocenters. The van der Waals surface area contributed by atoms with Gasteiger partial charge in [0, 0.05) is 19.2 Å². The second-order valence-electron chi connectivity index (χ2n) is 4.14. The van der Waals surface area contributed by atoms with E-state index in [2.05, 4.69) is 29.5 Å². The molecule has 1 aromatic heterocycles. The third kappa shape index (κ3) is 4.39. The Morgan fingerprint density at radius 3 is 3.00 bits per heavy atom. The average molecular weight is 225 g/mol. The fourth-order valence-corrected chi connectivity index (χ4v) is 1.20. The SMILES string of the molecule is CC(C)CNC(=O)Cn1cc(CCN)nn1. The lowest BCUT2D eigenvalue weighted by atomic mass is 10.2. The van der Waals surface area contributed by atoms with Crippen molar-refractivity contribution in [2.45, 2.75) is 26.8 Å². The van der Waals surface area contributed by atoms with Crippen LogP contribution in [0.5, 0.6) is 0 Å². The zero-order valence-electron chi connectivity index (χ0n) is 9.81. The lowest BCUT2D eigenvalue weighted by molar-refractivity contribution is -0.122. The highest BCUT2D eigenvalue weighted by molar-refractivity contribution is 5.75. The Kier molecular flexibility index (Phi) is 4.91. The first-order valence-corrected chi connectivity index (χ1v) is 5.47. The summed E-state index contributed by atoms with van der Waals surface area (Å²) in [5, 5.41) is 10.6. The van der Waals surface area contributed by atoms with Crippen LogP contribution in [0.3, 0.4) is 0 Å². The summed E-state index contributed by atoms with van der Waals surface area (Å²) in [5.74, 6) is 0.408. The molecule has 6 heteroatoms. The number of carbonyl (C=O) groups is 1. The van der Waals surface area contributed by atoms with Crippen molar-refractivity contribution in [2.24, 2.45) is 11.7 Å². The van der Waals surface area contributed by atoms with Crippen molar-refractivity contribution >= 4 is 5.91 Å². The van der Waals surface area contributed by atoms with E-state index in [-0.39, 0.29) is 12.5 Å². The maximum absolute atomic E-state index is 11.5. The van der Waals surface area contributed by atoms with Crippen LogP contribution in [-0.4, -0.2) is 34.0 Å². The fourth-order valence-electron chi connectivity index (χ4n) is 1.20. The number of hydrogen-bond acceptors (Lipinski definition) is 4. The van der Waals surface area contributed by atoms with Crippen LogP contribution in [-0.2, 0) is 17.8 Å². The topological polar surface area (TPSA) is 85.8 Å². The molecule has 1 aromatic rings. The Hall–Kier alpha value is -1.43. The second kappa shape index (κ2) is 6.22. The number of carbonyl (C=O) groups excluding carboxylic acids is 1. The standard InChI is InChI=1S/C10H19N5O/c1-8(2)5-12-10(16)7-15-6-9(3-4-11)13-14-15/h6,8H,3-5,7,11H2,1-2H3,(H,12,16). The maximum Gasteiger partial charge on any atom is 0.241 e. The number of nitrogens with one attached hydrogen (secondary N) is 1. The third-order valence-corrected chi connectivity index (χ3v) is 2.00. The molecular formula is C10H19N5O. The summed E-state index contributed by atoms with van der Waals surface area (Å²) in [5.41, 5.74) is 6.21. The minimum atomic E-state index is -0.0436. The average Bonchev–Trinajstić information content (AvgIpc) is 2.63. The number of aromatic nitrogens is 3. The molecule has 0 radical (unpaired) electrons. The van der Waals surface area contributed by atoms with Crippen LogP contribution in [0.4, 0.5) is 0 Å². The molecular weight excluding hydrogens is 206 g/mol. The van der Waals surface area contributed by atoms with Gasteiger partial charge < -0.3 is 11.1 Å². The quantitative estimate of drug-likeness (QED) is 0.686. The van der Waals surface area contributed by atoms with Crippen molar-refractivity contribution in [3.63, 3.8) is 0 Å². The van der Waals surface area contributed by atoms with Crippen molar-refractivity contribution in [1.82, 2.24) is 20.3 Å². The summed E-state index contributed by atoms with van der Waals surface area (Å²) in [6.45, 7) is 5.54. The van der Waals surface area contributed by atoms with Gasteiger partial charge in [0.15, 0.2) is 0 Å². The van der Waals surface area contributed by atoms with Crippen LogP contribution in [0, 0.1) is 5.92 Å². The van der Waals surface area contributed by atoms with Gasteiger partial charge in [0.05, 0.1) is 5.69 Å². The van der Waals surface area contributed by atoms with E-state index in [0.29, 0.717) is 25.4 Å². The van der Waals surface area contributed by atoms with E-state index in [1.807, 2.05) is 0 Å². The molecule has 16 heavy (non-hydrogen) atoms. The van der Waals surface area contributed by atoms with Crippen LogP contribution >= 0.6 is 0 Å². The molecule has 3 N–H and O–H groups in total. The van der Waals surface area contributed by atoms with Gasteiger partial charge in [-0.05, 0) is 12.5 Å². The van der Waals surface area contributed by atoms with Crippen molar-refractivity contribution in [2.75, 3.05) is 13.1 Å². The first-order chi connectivity index (χ1) is 7.61. The Morgan fingerprint density at radius 2 is 2.38 bits per heavy atom. The highest BCUT2D eigenvalue weighted by Crippen LogP contribution is 1.93. The van der Waals surface area contributed by atoms with E-state index in [4.69, 9.17) is 5.73 Å². The van der Waals surface area contributed by atoms with E-state index in [1.165, 1.54) is 4.68 Å². The lowest BCUT2D eigenvalue weighted by Gasteiger charge is -2.06. The minimum Gasteiger partial charge on any atom is -0.354 e. The summed E-state index contributed by atoms with van der Waals surface area (Å²) >= 11 is 0. The van der Waals surface area contributed by atoms with Crippen LogP contribution in [0.2, 0.25) is 0 Å². The summed E-state index contributed by atoms with van der Waals surface area (Å²) < 4.78 is 1.53. The van der Waals surface area contributed by atoms with Crippen LogP contribution in [0.25, 0.3) is 0 Å². The zero-order valence-corrected chi connectivity index (χ0v) is 9.81. The van der Waals surface area contributed by atoms with Crippen molar-refractivity contribution in [3.05, 3.63) is 11.9 Å². The van der Waals surface area contributed by atoms with Crippen molar-refractivity contribution in [1.29, 1.82) is 0 Å².